The Morgan fingerprint density at radius 2 is 1.00 bits per heavy atom. The summed E-state index contributed by atoms with van der Waals surface area (Å²) >= 11 is 0. The molecule has 1 aromatic rings. The smallest absolute Gasteiger partial charge is 0.0205 e. The summed E-state index contributed by atoms with van der Waals surface area (Å²) in [6, 6.07) is 10.6. The first-order valence-corrected chi connectivity index (χ1v) is 11.1. The molecule has 0 aliphatic rings. The van der Waals surface area contributed by atoms with E-state index < -0.39 is 0 Å². The Labute approximate surface area is 162 Å². The van der Waals surface area contributed by atoms with Gasteiger partial charge in [-0.1, -0.05) is 69.4 Å². The summed E-state index contributed by atoms with van der Waals surface area (Å²) in [5.41, 5.74) is 1.38. The average Bonchev–Trinajstić information content (AvgIpc) is 2.68. The first kappa shape index (κ1) is 23.1. The molecule has 0 saturated heterocycles. The van der Waals surface area contributed by atoms with Gasteiger partial charge in [-0.25, -0.2) is 0 Å². The molecule has 26 heavy (non-hydrogen) atoms. The average molecular weight is 362 g/mol. The molecule has 0 radical (unpaired) electrons. The van der Waals surface area contributed by atoms with Gasteiger partial charge < -0.3 is 16.0 Å². The summed E-state index contributed by atoms with van der Waals surface area (Å²) < 4.78 is 0. The van der Waals surface area contributed by atoms with Gasteiger partial charge in [0.05, 0.1) is 0 Å². The normalized spacial score (nSPS) is 11.1. The topological polar surface area (TPSA) is 36.1 Å². The Kier molecular flexibility index (Phi) is 16.8. The van der Waals surface area contributed by atoms with Crippen molar-refractivity contribution in [3.8, 4) is 0 Å². The number of hydrogen-bond acceptors (Lipinski definition) is 3. The minimum absolute atomic E-state index is 0.993. The standard InChI is InChI=1S/C23H43N3/c1-2-3-10-17-24-18-11-4-5-12-19-25-20-13-7-14-21-26-22-23-15-8-6-9-16-23/h6,8-9,15-16,24-26H,2-5,7,10-14,17-22H2,1H3. The third-order valence-electron chi connectivity index (χ3n) is 4.79. The van der Waals surface area contributed by atoms with Crippen LogP contribution in [0.1, 0.15) is 76.7 Å². The fraction of sp³-hybridized carbons (Fsp3) is 0.739. The van der Waals surface area contributed by atoms with Crippen LogP contribution in [0, 0.1) is 0 Å². The molecule has 3 heteroatoms. The summed E-state index contributed by atoms with van der Waals surface area (Å²) in [6.45, 7) is 9.16. The van der Waals surface area contributed by atoms with E-state index in [2.05, 4.69) is 53.2 Å². The molecular weight excluding hydrogens is 318 g/mol. The molecule has 1 rings (SSSR count). The molecule has 0 bridgehead atoms. The highest BCUT2D eigenvalue weighted by atomic mass is 14.9. The molecule has 0 spiro atoms. The maximum absolute atomic E-state index is 3.59. The van der Waals surface area contributed by atoms with Crippen molar-refractivity contribution >= 4 is 0 Å². The molecule has 0 aliphatic carbocycles. The molecule has 150 valence electrons. The highest BCUT2D eigenvalue weighted by molar-refractivity contribution is 5.14. The van der Waals surface area contributed by atoms with E-state index in [-0.39, 0.29) is 0 Å². The fourth-order valence-electron chi connectivity index (χ4n) is 3.11. The van der Waals surface area contributed by atoms with Crippen molar-refractivity contribution in [2.24, 2.45) is 0 Å². The lowest BCUT2D eigenvalue weighted by molar-refractivity contribution is 0.537. The molecule has 0 saturated carbocycles. The molecule has 3 nitrogen and oxygen atoms in total. The van der Waals surface area contributed by atoms with Crippen LogP contribution in [-0.4, -0.2) is 32.7 Å². The van der Waals surface area contributed by atoms with Gasteiger partial charge in [0, 0.05) is 6.54 Å². The minimum Gasteiger partial charge on any atom is -0.317 e. The number of rotatable bonds is 19. The molecule has 0 aliphatic heterocycles. The molecule has 0 aromatic heterocycles. The van der Waals surface area contributed by atoms with Crippen molar-refractivity contribution in [2.45, 2.75) is 77.7 Å². The van der Waals surface area contributed by atoms with E-state index in [1.54, 1.807) is 0 Å². The summed E-state index contributed by atoms with van der Waals surface area (Å²) in [6.07, 6.45) is 13.3. The van der Waals surface area contributed by atoms with Gasteiger partial charge in [-0.2, -0.15) is 0 Å². The van der Waals surface area contributed by atoms with Gasteiger partial charge in [-0.05, 0) is 70.4 Å². The van der Waals surface area contributed by atoms with Crippen molar-refractivity contribution in [1.29, 1.82) is 0 Å². The van der Waals surface area contributed by atoms with Crippen molar-refractivity contribution in [1.82, 2.24) is 16.0 Å². The Morgan fingerprint density at radius 3 is 1.54 bits per heavy atom. The highest BCUT2D eigenvalue weighted by Gasteiger charge is 1.94. The zero-order valence-electron chi connectivity index (χ0n) is 17.2. The van der Waals surface area contributed by atoms with Crippen LogP contribution in [0.2, 0.25) is 0 Å². The van der Waals surface area contributed by atoms with E-state index in [9.17, 15) is 0 Å². The first-order chi connectivity index (χ1) is 12.9. The summed E-state index contributed by atoms with van der Waals surface area (Å²) in [5.74, 6) is 0. The number of unbranched alkanes of at least 4 members (excludes halogenated alkanes) is 7. The third-order valence-corrected chi connectivity index (χ3v) is 4.79. The Balaban J connectivity index is 1.68. The first-order valence-electron chi connectivity index (χ1n) is 11.1. The number of hydrogen-bond donors (Lipinski definition) is 3. The van der Waals surface area contributed by atoms with Crippen LogP contribution in [0.3, 0.4) is 0 Å². The fourth-order valence-corrected chi connectivity index (χ4v) is 3.11. The van der Waals surface area contributed by atoms with Gasteiger partial charge in [0.2, 0.25) is 0 Å². The van der Waals surface area contributed by atoms with Crippen molar-refractivity contribution < 1.29 is 0 Å². The predicted octanol–water partition coefficient (Wildman–Crippen LogP) is 4.88. The van der Waals surface area contributed by atoms with E-state index in [1.807, 2.05) is 0 Å². The molecule has 1 aromatic carbocycles. The van der Waals surface area contributed by atoms with Crippen molar-refractivity contribution in [3.05, 3.63) is 35.9 Å². The molecule has 0 unspecified atom stereocenters. The maximum atomic E-state index is 3.59. The molecular formula is C23H43N3. The largest absolute Gasteiger partial charge is 0.317 e. The minimum atomic E-state index is 0.993. The lowest BCUT2D eigenvalue weighted by Gasteiger charge is -2.07. The van der Waals surface area contributed by atoms with Crippen molar-refractivity contribution in [2.75, 3.05) is 32.7 Å². The SMILES string of the molecule is CCCCCNCCCCCCNCCCCCNCc1ccccc1. The van der Waals surface area contributed by atoms with Gasteiger partial charge in [-0.15, -0.1) is 0 Å². The molecule has 0 fully saturated rings. The van der Waals surface area contributed by atoms with Crippen LogP contribution >= 0.6 is 0 Å². The van der Waals surface area contributed by atoms with Crippen LogP contribution in [0.15, 0.2) is 30.3 Å². The second kappa shape index (κ2) is 18.9. The van der Waals surface area contributed by atoms with Crippen LogP contribution in [-0.2, 0) is 6.54 Å². The van der Waals surface area contributed by atoms with Crippen LogP contribution in [0.4, 0.5) is 0 Å². The van der Waals surface area contributed by atoms with E-state index in [4.69, 9.17) is 0 Å². The van der Waals surface area contributed by atoms with Crippen LogP contribution in [0.5, 0.6) is 0 Å². The van der Waals surface area contributed by atoms with Crippen molar-refractivity contribution in [3.63, 3.8) is 0 Å². The van der Waals surface area contributed by atoms with Crippen LogP contribution in [0.25, 0.3) is 0 Å². The Morgan fingerprint density at radius 1 is 0.538 bits per heavy atom. The van der Waals surface area contributed by atoms with Gasteiger partial charge in [0.15, 0.2) is 0 Å². The maximum Gasteiger partial charge on any atom is 0.0205 e. The lowest BCUT2D eigenvalue weighted by Crippen LogP contribution is -2.18. The second-order valence-electron chi connectivity index (χ2n) is 7.34. The van der Waals surface area contributed by atoms with E-state index in [0.717, 1.165) is 13.1 Å². The van der Waals surface area contributed by atoms with Gasteiger partial charge >= 0.3 is 0 Å². The molecule has 3 N–H and O–H groups in total. The van der Waals surface area contributed by atoms with Gasteiger partial charge in [-0.3, -0.25) is 0 Å². The van der Waals surface area contributed by atoms with E-state index in [1.165, 1.54) is 96.0 Å². The second-order valence-corrected chi connectivity index (χ2v) is 7.34. The summed E-state index contributed by atoms with van der Waals surface area (Å²) in [7, 11) is 0. The van der Waals surface area contributed by atoms with Gasteiger partial charge in [0.25, 0.3) is 0 Å². The molecule has 0 heterocycles. The molecule has 0 amide bonds. The number of benzene rings is 1. The van der Waals surface area contributed by atoms with E-state index in [0.29, 0.717) is 0 Å². The van der Waals surface area contributed by atoms with Gasteiger partial charge in [0.1, 0.15) is 0 Å². The highest BCUT2D eigenvalue weighted by Crippen LogP contribution is 2.00. The lowest BCUT2D eigenvalue weighted by atomic mass is 10.2. The quantitative estimate of drug-likeness (QED) is 0.307. The van der Waals surface area contributed by atoms with E-state index >= 15 is 0 Å². The monoisotopic (exact) mass is 361 g/mol. The zero-order chi connectivity index (χ0) is 18.5. The zero-order valence-corrected chi connectivity index (χ0v) is 17.2. The molecule has 0 atom stereocenters. The number of nitrogens with one attached hydrogen (secondary N) is 3. The van der Waals surface area contributed by atoms with Crippen LogP contribution < -0.4 is 16.0 Å². The predicted molar refractivity (Wildman–Crippen MR) is 116 cm³/mol. The summed E-state index contributed by atoms with van der Waals surface area (Å²) in [5, 5.41) is 10.7. The third kappa shape index (κ3) is 15.4. The Hall–Kier alpha value is -0.900. The summed E-state index contributed by atoms with van der Waals surface area (Å²) in [4.78, 5) is 0. The Bertz CT molecular complexity index is 380.